The van der Waals surface area contributed by atoms with Gasteiger partial charge in [-0.05, 0) is 31.2 Å². The number of anilines is 1. The van der Waals surface area contributed by atoms with Crippen LogP contribution in [0.1, 0.15) is 18.1 Å². The fourth-order valence-electron chi connectivity index (χ4n) is 2.72. The molecule has 1 amide bonds. The zero-order valence-electron chi connectivity index (χ0n) is 15.2. The highest BCUT2D eigenvalue weighted by Crippen LogP contribution is 2.18. The molecule has 8 heteroatoms. The molecule has 0 radical (unpaired) electrons. The Labute approximate surface area is 161 Å². The summed E-state index contributed by atoms with van der Waals surface area (Å²) in [6, 6.07) is 13.1. The topological polar surface area (TPSA) is 98.7 Å². The van der Waals surface area contributed by atoms with E-state index < -0.39 is 0 Å². The van der Waals surface area contributed by atoms with E-state index in [1.54, 1.807) is 18.5 Å². The van der Waals surface area contributed by atoms with Crippen LogP contribution in [0.15, 0.2) is 65.5 Å². The van der Waals surface area contributed by atoms with Crippen molar-refractivity contribution in [2.24, 2.45) is 0 Å². The van der Waals surface area contributed by atoms with Crippen LogP contribution < -0.4 is 5.32 Å². The second kappa shape index (κ2) is 7.83. The maximum absolute atomic E-state index is 12.2. The minimum Gasteiger partial charge on any atom is -0.421 e. The van der Waals surface area contributed by atoms with Gasteiger partial charge in [0.15, 0.2) is 0 Å². The number of nitrogens with zero attached hydrogens (tertiary/aromatic N) is 5. The van der Waals surface area contributed by atoms with Gasteiger partial charge in [-0.25, -0.2) is 9.97 Å². The largest absolute Gasteiger partial charge is 0.421 e. The van der Waals surface area contributed by atoms with E-state index in [-0.39, 0.29) is 12.3 Å². The van der Waals surface area contributed by atoms with Gasteiger partial charge in [-0.2, -0.15) is 0 Å². The predicted molar refractivity (Wildman–Crippen MR) is 103 cm³/mol. The summed E-state index contributed by atoms with van der Waals surface area (Å²) >= 11 is 0. The Bertz CT molecular complexity index is 1070. The van der Waals surface area contributed by atoms with E-state index in [0.717, 1.165) is 17.2 Å². The van der Waals surface area contributed by atoms with Gasteiger partial charge in [0.1, 0.15) is 11.6 Å². The SMILES string of the molecule is Cc1nccn1-c1ccc(NC(=O)CCc2nnc(-c3ccccc3)o2)cn1. The number of benzene rings is 1. The lowest BCUT2D eigenvalue weighted by atomic mass is 10.2. The van der Waals surface area contributed by atoms with Crippen molar-refractivity contribution < 1.29 is 9.21 Å². The van der Waals surface area contributed by atoms with Crippen molar-refractivity contribution >= 4 is 11.6 Å². The molecule has 8 nitrogen and oxygen atoms in total. The Hall–Kier alpha value is -3.81. The summed E-state index contributed by atoms with van der Waals surface area (Å²) in [7, 11) is 0. The van der Waals surface area contributed by atoms with E-state index in [1.807, 2.05) is 54.1 Å². The van der Waals surface area contributed by atoms with Crippen LogP contribution >= 0.6 is 0 Å². The number of aryl methyl sites for hydroxylation is 2. The second-order valence-corrected chi connectivity index (χ2v) is 6.16. The zero-order chi connectivity index (χ0) is 19.3. The van der Waals surface area contributed by atoms with Gasteiger partial charge in [0, 0.05) is 30.8 Å². The number of nitrogens with one attached hydrogen (secondary N) is 1. The van der Waals surface area contributed by atoms with Crippen molar-refractivity contribution in [3.05, 3.63) is 72.8 Å². The first-order chi connectivity index (χ1) is 13.7. The molecule has 0 fully saturated rings. The minimum atomic E-state index is -0.146. The Morgan fingerprint density at radius 2 is 1.96 bits per heavy atom. The Morgan fingerprint density at radius 3 is 2.68 bits per heavy atom. The maximum atomic E-state index is 12.2. The molecule has 0 saturated heterocycles. The zero-order valence-corrected chi connectivity index (χ0v) is 15.2. The molecular formula is C20H18N6O2. The average Bonchev–Trinajstić information content (AvgIpc) is 3.37. The molecule has 0 bridgehead atoms. The molecule has 28 heavy (non-hydrogen) atoms. The van der Waals surface area contributed by atoms with Crippen molar-refractivity contribution in [1.82, 2.24) is 24.7 Å². The van der Waals surface area contributed by atoms with E-state index in [9.17, 15) is 4.79 Å². The van der Waals surface area contributed by atoms with Gasteiger partial charge >= 0.3 is 0 Å². The molecule has 3 heterocycles. The third kappa shape index (κ3) is 3.96. The van der Waals surface area contributed by atoms with Gasteiger partial charge in [-0.3, -0.25) is 9.36 Å². The Balaban J connectivity index is 1.32. The van der Waals surface area contributed by atoms with Crippen molar-refractivity contribution in [2.75, 3.05) is 5.32 Å². The predicted octanol–water partition coefficient (Wildman–Crippen LogP) is 3.20. The minimum absolute atomic E-state index is 0.146. The fourth-order valence-corrected chi connectivity index (χ4v) is 2.72. The van der Waals surface area contributed by atoms with Crippen LogP contribution in [0.5, 0.6) is 0 Å². The number of hydrogen-bond donors (Lipinski definition) is 1. The molecule has 0 saturated carbocycles. The highest BCUT2D eigenvalue weighted by molar-refractivity contribution is 5.90. The van der Waals surface area contributed by atoms with Crippen LogP contribution in [0.2, 0.25) is 0 Å². The van der Waals surface area contributed by atoms with E-state index in [1.165, 1.54) is 0 Å². The molecule has 140 valence electrons. The van der Waals surface area contributed by atoms with Gasteiger partial charge in [-0.15, -0.1) is 10.2 Å². The van der Waals surface area contributed by atoms with E-state index in [2.05, 4.69) is 25.5 Å². The smallest absolute Gasteiger partial charge is 0.247 e. The summed E-state index contributed by atoms with van der Waals surface area (Å²) in [4.78, 5) is 20.7. The monoisotopic (exact) mass is 374 g/mol. The molecule has 0 unspecified atom stereocenters. The van der Waals surface area contributed by atoms with Crippen molar-refractivity contribution in [3.63, 3.8) is 0 Å². The Morgan fingerprint density at radius 1 is 1.11 bits per heavy atom. The maximum Gasteiger partial charge on any atom is 0.247 e. The highest BCUT2D eigenvalue weighted by atomic mass is 16.4. The number of rotatable bonds is 6. The molecule has 1 N–H and O–H groups in total. The number of carbonyl (C=O) groups excluding carboxylic acids is 1. The number of pyridine rings is 1. The lowest BCUT2D eigenvalue weighted by Gasteiger charge is -2.07. The van der Waals surface area contributed by atoms with Crippen LogP contribution in [-0.4, -0.2) is 30.6 Å². The van der Waals surface area contributed by atoms with E-state index in [0.29, 0.717) is 23.9 Å². The van der Waals surface area contributed by atoms with Crippen LogP contribution in [0.3, 0.4) is 0 Å². The van der Waals surface area contributed by atoms with E-state index in [4.69, 9.17) is 4.42 Å². The highest BCUT2D eigenvalue weighted by Gasteiger charge is 2.11. The first-order valence-corrected chi connectivity index (χ1v) is 8.83. The van der Waals surface area contributed by atoms with Crippen LogP contribution in [0.25, 0.3) is 17.3 Å². The molecule has 1 aromatic carbocycles. The van der Waals surface area contributed by atoms with Gasteiger partial charge in [0.25, 0.3) is 0 Å². The van der Waals surface area contributed by atoms with Crippen LogP contribution in [0.4, 0.5) is 5.69 Å². The van der Waals surface area contributed by atoms with Gasteiger partial charge in [0.05, 0.1) is 11.9 Å². The summed E-state index contributed by atoms with van der Waals surface area (Å²) in [6.07, 6.45) is 5.77. The first kappa shape index (κ1) is 17.6. The third-order valence-corrected chi connectivity index (χ3v) is 4.16. The van der Waals surface area contributed by atoms with Crippen molar-refractivity contribution in [3.8, 4) is 17.3 Å². The van der Waals surface area contributed by atoms with E-state index >= 15 is 0 Å². The number of amides is 1. The first-order valence-electron chi connectivity index (χ1n) is 8.83. The lowest BCUT2D eigenvalue weighted by Crippen LogP contribution is -2.13. The average molecular weight is 374 g/mol. The molecule has 0 aliphatic heterocycles. The van der Waals surface area contributed by atoms with Crippen LogP contribution in [-0.2, 0) is 11.2 Å². The summed E-state index contributed by atoms with van der Waals surface area (Å²) in [5.41, 5.74) is 1.48. The summed E-state index contributed by atoms with van der Waals surface area (Å²) in [5.74, 6) is 2.32. The molecule has 3 aromatic heterocycles. The molecule has 4 rings (SSSR count). The van der Waals surface area contributed by atoms with Crippen LogP contribution in [0, 0.1) is 6.92 Å². The third-order valence-electron chi connectivity index (χ3n) is 4.16. The quantitative estimate of drug-likeness (QED) is 0.556. The Kier molecular flexibility index (Phi) is 4.92. The summed E-state index contributed by atoms with van der Waals surface area (Å²) in [6.45, 7) is 1.90. The second-order valence-electron chi connectivity index (χ2n) is 6.16. The molecule has 0 aliphatic carbocycles. The molecular weight excluding hydrogens is 356 g/mol. The van der Waals surface area contributed by atoms with Gasteiger partial charge < -0.3 is 9.73 Å². The molecule has 0 atom stereocenters. The molecule has 0 aliphatic rings. The van der Waals surface area contributed by atoms with Crippen molar-refractivity contribution in [1.29, 1.82) is 0 Å². The number of carbonyl (C=O) groups is 1. The normalized spacial score (nSPS) is 10.8. The molecule has 4 aromatic rings. The fraction of sp³-hybridized carbons (Fsp3) is 0.150. The lowest BCUT2D eigenvalue weighted by molar-refractivity contribution is -0.116. The summed E-state index contributed by atoms with van der Waals surface area (Å²) in [5, 5.41) is 10.8. The standard InChI is InChI=1S/C20H18N6O2/c1-14-21-11-12-26(14)17-8-7-16(13-22-17)23-18(27)9-10-19-24-25-20(28-19)15-5-3-2-4-6-15/h2-8,11-13H,9-10H2,1H3,(H,23,27). The number of aromatic nitrogens is 5. The van der Waals surface area contributed by atoms with Gasteiger partial charge in [-0.1, -0.05) is 18.2 Å². The number of hydrogen-bond acceptors (Lipinski definition) is 6. The number of imidazole rings is 1. The van der Waals surface area contributed by atoms with Gasteiger partial charge in [0.2, 0.25) is 17.7 Å². The molecule has 0 spiro atoms. The summed E-state index contributed by atoms with van der Waals surface area (Å²) < 4.78 is 7.48. The van der Waals surface area contributed by atoms with Crippen molar-refractivity contribution in [2.45, 2.75) is 19.8 Å².